The smallest absolute Gasteiger partial charge is 0.257 e. The fourth-order valence-corrected chi connectivity index (χ4v) is 6.46. The summed E-state index contributed by atoms with van der Waals surface area (Å²) in [6, 6.07) is 4.78. The fraction of sp³-hybridized carbons (Fsp3) is 0.500. The third-order valence-electron chi connectivity index (χ3n) is 4.53. The van der Waals surface area contributed by atoms with E-state index in [1.165, 1.54) is 17.4 Å². The van der Waals surface area contributed by atoms with Crippen LogP contribution in [0, 0.1) is 6.92 Å². The molecule has 0 atom stereocenters. The molecule has 7 nitrogen and oxygen atoms in total. The van der Waals surface area contributed by atoms with Gasteiger partial charge in [0.15, 0.2) is 4.34 Å². The average Bonchev–Trinajstić information content (AvgIpc) is 2.92. The molecule has 1 saturated heterocycles. The number of aryl methyl sites for hydroxylation is 1. The van der Waals surface area contributed by atoms with Crippen molar-refractivity contribution in [3.05, 3.63) is 29.3 Å². The Kier molecular flexibility index (Phi) is 7.08. The topological polar surface area (TPSA) is 92.3 Å². The maximum atomic E-state index is 13.1. The van der Waals surface area contributed by atoms with Crippen LogP contribution in [0.5, 0.6) is 0 Å². The molecule has 0 spiro atoms. The summed E-state index contributed by atoms with van der Waals surface area (Å²) in [5.74, 6) is 0.481. The molecule has 10 heteroatoms. The van der Waals surface area contributed by atoms with Crippen LogP contribution in [-0.2, 0) is 10.0 Å². The number of nitrogens with one attached hydrogen (secondary N) is 1. The quantitative estimate of drug-likeness (QED) is 0.543. The minimum absolute atomic E-state index is 0.196. The number of rotatable bonds is 6. The lowest BCUT2D eigenvalue weighted by Crippen LogP contribution is -2.32. The van der Waals surface area contributed by atoms with Crippen LogP contribution in [0.25, 0.3) is 0 Å². The van der Waals surface area contributed by atoms with Gasteiger partial charge in [0.05, 0.1) is 4.90 Å². The van der Waals surface area contributed by atoms with E-state index in [1.54, 1.807) is 35.1 Å². The maximum Gasteiger partial charge on any atom is 0.257 e. The Hall–Kier alpha value is -1.49. The van der Waals surface area contributed by atoms with Gasteiger partial charge in [0.25, 0.3) is 5.91 Å². The van der Waals surface area contributed by atoms with Crippen molar-refractivity contribution in [1.82, 2.24) is 14.5 Å². The lowest BCUT2D eigenvalue weighted by molar-refractivity contribution is 0.102. The van der Waals surface area contributed by atoms with Crippen molar-refractivity contribution in [2.24, 2.45) is 0 Å². The Morgan fingerprint density at radius 3 is 2.61 bits per heavy atom. The Bertz CT molecular complexity index is 935. The number of carbonyl (C=O) groups excluding carboxylic acids is 1. The first-order valence-corrected chi connectivity index (χ1v) is 12.5. The number of nitrogens with zero attached hydrogens (tertiary/aromatic N) is 3. The molecule has 28 heavy (non-hydrogen) atoms. The van der Waals surface area contributed by atoms with Gasteiger partial charge in [-0.05, 0) is 43.2 Å². The molecular weight excluding hydrogens is 416 g/mol. The predicted molar refractivity (Wildman–Crippen MR) is 113 cm³/mol. The van der Waals surface area contributed by atoms with E-state index in [0.717, 1.165) is 35.8 Å². The maximum absolute atomic E-state index is 13.1. The highest BCUT2D eigenvalue weighted by atomic mass is 32.2. The van der Waals surface area contributed by atoms with Gasteiger partial charge in [-0.1, -0.05) is 48.9 Å². The lowest BCUT2D eigenvalue weighted by atomic mass is 10.1. The molecule has 0 aliphatic carbocycles. The van der Waals surface area contributed by atoms with Gasteiger partial charge in [-0.2, -0.15) is 4.31 Å². The number of carbonyl (C=O) groups is 1. The fourth-order valence-electron chi connectivity index (χ4n) is 3.05. The molecule has 152 valence electrons. The number of anilines is 1. The van der Waals surface area contributed by atoms with Gasteiger partial charge in [-0.25, -0.2) is 8.42 Å². The molecule has 1 aromatic heterocycles. The van der Waals surface area contributed by atoms with Crippen molar-refractivity contribution >= 4 is 44.2 Å². The van der Waals surface area contributed by atoms with E-state index in [2.05, 4.69) is 15.5 Å². The molecule has 1 aliphatic rings. The van der Waals surface area contributed by atoms with Crippen LogP contribution in [0.1, 0.15) is 48.5 Å². The monoisotopic (exact) mass is 440 g/mol. The molecule has 1 amide bonds. The normalized spacial score (nSPS) is 15.9. The number of hydrogen-bond acceptors (Lipinski definition) is 7. The summed E-state index contributed by atoms with van der Waals surface area (Å²) in [7, 11) is -3.62. The zero-order valence-electron chi connectivity index (χ0n) is 16.0. The number of hydrogen-bond donors (Lipinski definition) is 1. The van der Waals surface area contributed by atoms with Crippen LogP contribution >= 0.6 is 23.1 Å². The molecule has 1 aliphatic heterocycles. The molecule has 2 heterocycles. The molecule has 1 aromatic carbocycles. The molecule has 0 radical (unpaired) electrons. The Morgan fingerprint density at radius 2 is 1.93 bits per heavy atom. The van der Waals surface area contributed by atoms with Gasteiger partial charge in [0, 0.05) is 18.7 Å². The summed E-state index contributed by atoms with van der Waals surface area (Å²) in [4.78, 5) is 12.8. The number of aromatic nitrogens is 2. The molecule has 2 aromatic rings. The third kappa shape index (κ3) is 4.91. The van der Waals surface area contributed by atoms with Crippen molar-refractivity contribution in [2.75, 3.05) is 24.2 Å². The summed E-state index contributed by atoms with van der Waals surface area (Å²) >= 11 is 2.85. The first-order valence-electron chi connectivity index (χ1n) is 9.30. The molecule has 1 N–H and O–H groups in total. The van der Waals surface area contributed by atoms with Crippen molar-refractivity contribution < 1.29 is 13.2 Å². The zero-order chi connectivity index (χ0) is 20.1. The van der Waals surface area contributed by atoms with Gasteiger partial charge < -0.3 is 0 Å². The SMILES string of the molecule is CCSc1nnc(NC(=O)c2ccc(C)c(S(=O)(=O)N3CCCCCC3)c2)s1. The van der Waals surface area contributed by atoms with Crippen molar-refractivity contribution in [3.8, 4) is 0 Å². The largest absolute Gasteiger partial charge is 0.296 e. The lowest BCUT2D eigenvalue weighted by Gasteiger charge is -2.21. The third-order valence-corrected chi connectivity index (χ3v) is 8.42. The van der Waals surface area contributed by atoms with Gasteiger partial charge in [0.2, 0.25) is 15.2 Å². The highest BCUT2D eigenvalue weighted by Crippen LogP contribution is 2.27. The summed E-state index contributed by atoms with van der Waals surface area (Å²) < 4.78 is 28.6. The van der Waals surface area contributed by atoms with Crippen LogP contribution in [0.2, 0.25) is 0 Å². The number of benzene rings is 1. The van der Waals surface area contributed by atoms with E-state index in [9.17, 15) is 13.2 Å². The molecule has 1 fully saturated rings. The predicted octanol–water partition coefficient (Wildman–Crippen LogP) is 3.78. The van der Waals surface area contributed by atoms with Crippen molar-refractivity contribution in [3.63, 3.8) is 0 Å². The average molecular weight is 441 g/mol. The van der Waals surface area contributed by atoms with Gasteiger partial charge in [-0.3, -0.25) is 10.1 Å². The van der Waals surface area contributed by atoms with Crippen LogP contribution < -0.4 is 5.32 Å². The molecule has 0 saturated carbocycles. The molecular formula is C18H24N4O3S3. The summed E-state index contributed by atoms with van der Waals surface area (Å²) in [5, 5.41) is 11.1. The first-order chi connectivity index (χ1) is 13.4. The minimum Gasteiger partial charge on any atom is -0.296 e. The van der Waals surface area contributed by atoms with Gasteiger partial charge in [0.1, 0.15) is 0 Å². The second-order valence-corrected chi connectivity index (χ2v) is 11.0. The Balaban J connectivity index is 1.82. The first kappa shape index (κ1) is 21.2. The minimum atomic E-state index is -3.62. The highest BCUT2D eigenvalue weighted by Gasteiger charge is 2.27. The second-order valence-electron chi connectivity index (χ2n) is 6.56. The summed E-state index contributed by atoms with van der Waals surface area (Å²) in [6.45, 7) is 4.83. The van der Waals surface area contributed by atoms with Crippen LogP contribution in [0.15, 0.2) is 27.4 Å². The van der Waals surface area contributed by atoms with Crippen LogP contribution in [0.4, 0.5) is 5.13 Å². The van der Waals surface area contributed by atoms with Crippen LogP contribution in [-0.4, -0.2) is 47.7 Å². The van der Waals surface area contributed by atoms with E-state index in [-0.39, 0.29) is 4.90 Å². The molecule has 0 bridgehead atoms. The van der Waals surface area contributed by atoms with Gasteiger partial charge >= 0.3 is 0 Å². The Labute approximate surface area is 174 Å². The van der Waals surface area contributed by atoms with E-state index >= 15 is 0 Å². The van der Waals surface area contributed by atoms with E-state index < -0.39 is 15.9 Å². The van der Waals surface area contributed by atoms with Crippen molar-refractivity contribution in [2.45, 2.75) is 48.8 Å². The standard InChI is InChI=1S/C18H24N4O3S3/c1-3-26-18-21-20-17(27-18)19-16(23)14-9-8-13(2)15(12-14)28(24,25)22-10-6-4-5-7-11-22/h8-9,12H,3-7,10-11H2,1-2H3,(H,19,20,23). The molecule has 0 unspecified atom stereocenters. The second kappa shape index (κ2) is 9.34. The summed E-state index contributed by atoms with van der Waals surface area (Å²) in [6.07, 6.45) is 3.84. The van der Waals surface area contributed by atoms with Crippen molar-refractivity contribution in [1.29, 1.82) is 0 Å². The van der Waals surface area contributed by atoms with Crippen LogP contribution in [0.3, 0.4) is 0 Å². The number of sulfonamides is 1. The zero-order valence-corrected chi connectivity index (χ0v) is 18.4. The molecule has 3 rings (SSSR count). The Morgan fingerprint density at radius 1 is 1.21 bits per heavy atom. The van der Waals surface area contributed by atoms with Gasteiger partial charge in [-0.15, -0.1) is 10.2 Å². The van der Waals surface area contributed by atoms with E-state index in [4.69, 9.17) is 0 Å². The van der Waals surface area contributed by atoms with E-state index in [1.807, 2.05) is 6.92 Å². The number of amides is 1. The van der Waals surface area contributed by atoms with E-state index in [0.29, 0.717) is 29.3 Å². The summed E-state index contributed by atoms with van der Waals surface area (Å²) in [5.41, 5.74) is 0.928. The number of thioether (sulfide) groups is 1. The highest BCUT2D eigenvalue weighted by molar-refractivity contribution is 8.01.